The number of hydrogen-bond acceptors (Lipinski definition) is 4. The third-order valence-electron chi connectivity index (χ3n) is 5.49. The van der Waals surface area contributed by atoms with E-state index in [2.05, 4.69) is 36.2 Å². The molecule has 0 fully saturated rings. The maximum Gasteiger partial charge on any atom is 0.158 e. The van der Waals surface area contributed by atoms with E-state index in [1.165, 1.54) is 12.1 Å². The molecule has 0 aliphatic rings. The highest BCUT2D eigenvalue weighted by Gasteiger charge is 2.12. The molecule has 2 heterocycles. The Morgan fingerprint density at radius 1 is 0.903 bits per heavy atom. The smallest absolute Gasteiger partial charge is 0.158 e. The molecule has 1 N–H and O–H groups in total. The fourth-order valence-electron chi connectivity index (χ4n) is 3.68. The average Bonchev–Trinajstić information content (AvgIpc) is 3.24. The molecule has 0 aliphatic heterocycles. The summed E-state index contributed by atoms with van der Waals surface area (Å²) < 4.78 is 15.2. The van der Waals surface area contributed by atoms with Gasteiger partial charge in [-0.1, -0.05) is 44.2 Å². The zero-order valence-electron chi connectivity index (χ0n) is 18.1. The van der Waals surface area contributed by atoms with Gasteiger partial charge in [-0.25, -0.2) is 9.37 Å². The number of halogens is 1. The standard InChI is InChI=1S/C25H28FN5/c1-3-30(4-2)16-8-15-27-24-17-22(19-9-6-5-7-10-19)28-25-18-23(29-31(24)25)20-11-13-21(26)14-12-20/h5-7,9-14,17-18,27H,3-4,8,15-16H2,1-2H3. The first-order valence-corrected chi connectivity index (χ1v) is 10.9. The Kier molecular flexibility index (Phi) is 6.57. The summed E-state index contributed by atoms with van der Waals surface area (Å²) in [4.78, 5) is 7.25. The number of hydrogen-bond donors (Lipinski definition) is 1. The van der Waals surface area contributed by atoms with Crippen molar-refractivity contribution in [2.45, 2.75) is 20.3 Å². The van der Waals surface area contributed by atoms with Crippen LogP contribution in [0.3, 0.4) is 0 Å². The van der Waals surface area contributed by atoms with E-state index in [9.17, 15) is 4.39 Å². The monoisotopic (exact) mass is 417 g/mol. The van der Waals surface area contributed by atoms with Gasteiger partial charge in [-0.05, 0) is 50.3 Å². The molecule has 2 aromatic heterocycles. The highest BCUT2D eigenvalue weighted by atomic mass is 19.1. The Morgan fingerprint density at radius 2 is 1.61 bits per heavy atom. The van der Waals surface area contributed by atoms with Crippen LogP contribution >= 0.6 is 0 Å². The first-order chi connectivity index (χ1) is 15.2. The van der Waals surface area contributed by atoms with Crippen molar-refractivity contribution in [3.8, 4) is 22.5 Å². The number of benzene rings is 2. The van der Waals surface area contributed by atoms with Crippen molar-refractivity contribution >= 4 is 11.5 Å². The lowest BCUT2D eigenvalue weighted by molar-refractivity contribution is 0.303. The predicted molar refractivity (Wildman–Crippen MR) is 125 cm³/mol. The Bertz CT molecular complexity index is 1120. The summed E-state index contributed by atoms with van der Waals surface area (Å²) in [6.07, 6.45) is 1.04. The van der Waals surface area contributed by atoms with E-state index in [1.807, 2.05) is 34.8 Å². The van der Waals surface area contributed by atoms with Crippen LogP contribution in [0.4, 0.5) is 10.2 Å². The summed E-state index contributed by atoms with van der Waals surface area (Å²) in [6, 6.07) is 20.5. The van der Waals surface area contributed by atoms with Crippen LogP contribution in [0.5, 0.6) is 0 Å². The highest BCUT2D eigenvalue weighted by molar-refractivity contribution is 5.70. The van der Waals surface area contributed by atoms with Gasteiger partial charge in [0, 0.05) is 29.8 Å². The maximum absolute atomic E-state index is 13.3. The van der Waals surface area contributed by atoms with Crippen molar-refractivity contribution in [2.24, 2.45) is 0 Å². The van der Waals surface area contributed by atoms with Gasteiger partial charge in [-0.3, -0.25) is 0 Å². The van der Waals surface area contributed by atoms with Crippen LogP contribution in [0.1, 0.15) is 20.3 Å². The minimum absolute atomic E-state index is 0.257. The van der Waals surface area contributed by atoms with Gasteiger partial charge in [0.25, 0.3) is 0 Å². The van der Waals surface area contributed by atoms with Crippen LogP contribution in [0.25, 0.3) is 28.2 Å². The first-order valence-electron chi connectivity index (χ1n) is 10.9. The molecule has 0 amide bonds. The van der Waals surface area contributed by atoms with Crippen LogP contribution in [0, 0.1) is 5.82 Å². The van der Waals surface area contributed by atoms with E-state index in [4.69, 9.17) is 10.1 Å². The van der Waals surface area contributed by atoms with E-state index in [0.717, 1.165) is 66.6 Å². The van der Waals surface area contributed by atoms with Gasteiger partial charge < -0.3 is 10.2 Å². The quantitative estimate of drug-likeness (QED) is 0.373. The zero-order valence-corrected chi connectivity index (χ0v) is 18.1. The molecular formula is C25H28FN5. The second-order valence-electron chi connectivity index (χ2n) is 7.51. The van der Waals surface area contributed by atoms with E-state index in [0.29, 0.717) is 0 Å². The number of anilines is 1. The van der Waals surface area contributed by atoms with Gasteiger partial charge in [-0.15, -0.1) is 0 Å². The molecule has 0 aliphatic carbocycles. The Hall–Kier alpha value is -3.25. The largest absolute Gasteiger partial charge is 0.370 e. The first kappa shape index (κ1) is 21.0. The SMILES string of the molecule is CCN(CC)CCCNc1cc(-c2ccccc2)nc2cc(-c3ccc(F)cc3)nn12. The number of rotatable bonds is 9. The molecular weight excluding hydrogens is 389 g/mol. The molecule has 5 nitrogen and oxygen atoms in total. The van der Waals surface area contributed by atoms with Crippen molar-refractivity contribution < 1.29 is 4.39 Å². The van der Waals surface area contributed by atoms with Crippen molar-refractivity contribution in [3.05, 3.63) is 72.5 Å². The number of aromatic nitrogens is 3. The number of nitrogens with zero attached hydrogens (tertiary/aromatic N) is 4. The molecule has 4 aromatic rings. The highest BCUT2D eigenvalue weighted by Crippen LogP contribution is 2.26. The lowest BCUT2D eigenvalue weighted by Gasteiger charge is -2.18. The summed E-state index contributed by atoms with van der Waals surface area (Å²) in [5, 5.41) is 8.30. The van der Waals surface area contributed by atoms with E-state index >= 15 is 0 Å². The summed E-state index contributed by atoms with van der Waals surface area (Å²) in [5.74, 6) is 0.643. The minimum atomic E-state index is -0.257. The van der Waals surface area contributed by atoms with Crippen molar-refractivity contribution in [3.63, 3.8) is 0 Å². The predicted octanol–water partition coefficient (Wildman–Crippen LogP) is 5.35. The summed E-state index contributed by atoms with van der Waals surface area (Å²) in [6.45, 7) is 8.41. The Morgan fingerprint density at radius 3 is 2.32 bits per heavy atom. The third kappa shape index (κ3) is 4.91. The third-order valence-corrected chi connectivity index (χ3v) is 5.49. The Balaban J connectivity index is 1.66. The molecule has 0 atom stereocenters. The van der Waals surface area contributed by atoms with Gasteiger partial charge in [0.15, 0.2) is 5.65 Å². The second-order valence-corrected chi connectivity index (χ2v) is 7.51. The number of fused-ring (bicyclic) bond motifs is 1. The van der Waals surface area contributed by atoms with Crippen molar-refractivity contribution in [2.75, 3.05) is 31.5 Å². The molecule has 6 heteroatoms. The summed E-state index contributed by atoms with van der Waals surface area (Å²) in [7, 11) is 0. The molecule has 0 spiro atoms. The average molecular weight is 418 g/mol. The van der Waals surface area contributed by atoms with Gasteiger partial charge in [0.2, 0.25) is 0 Å². The molecule has 0 bridgehead atoms. The van der Waals surface area contributed by atoms with Crippen LogP contribution < -0.4 is 5.32 Å². The van der Waals surface area contributed by atoms with Gasteiger partial charge in [-0.2, -0.15) is 9.61 Å². The Labute approximate surface area is 182 Å². The lowest BCUT2D eigenvalue weighted by Crippen LogP contribution is -2.25. The number of nitrogens with one attached hydrogen (secondary N) is 1. The van der Waals surface area contributed by atoms with Crippen LogP contribution in [0.15, 0.2) is 66.7 Å². The normalized spacial score (nSPS) is 11.4. The maximum atomic E-state index is 13.3. The van der Waals surface area contributed by atoms with Crippen molar-refractivity contribution in [1.29, 1.82) is 0 Å². The summed E-state index contributed by atoms with van der Waals surface area (Å²) >= 11 is 0. The fourth-order valence-corrected chi connectivity index (χ4v) is 3.68. The molecule has 4 rings (SSSR count). The molecule has 160 valence electrons. The van der Waals surface area contributed by atoms with Crippen molar-refractivity contribution in [1.82, 2.24) is 19.5 Å². The molecule has 2 aromatic carbocycles. The van der Waals surface area contributed by atoms with Gasteiger partial charge >= 0.3 is 0 Å². The molecule has 31 heavy (non-hydrogen) atoms. The van der Waals surface area contributed by atoms with E-state index < -0.39 is 0 Å². The molecule has 0 unspecified atom stereocenters. The fraction of sp³-hybridized carbons (Fsp3) is 0.280. The summed E-state index contributed by atoms with van der Waals surface area (Å²) in [5.41, 5.74) is 4.34. The topological polar surface area (TPSA) is 45.5 Å². The molecule has 0 saturated carbocycles. The van der Waals surface area contributed by atoms with Crippen LogP contribution in [0.2, 0.25) is 0 Å². The molecule has 0 saturated heterocycles. The zero-order chi connectivity index (χ0) is 21.6. The van der Waals surface area contributed by atoms with Crippen LogP contribution in [-0.2, 0) is 0 Å². The lowest BCUT2D eigenvalue weighted by atomic mass is 10.1. The minimum Gasteiger partial charge on any atom is -0.370 e. The van der Waals surface area contributed by atoms with Gasteiger partial charge in [0.1, 0.15) is 11.6 Å². The van der Waals surface area contributed by atoms with Crippen LogP contribution in [-0.4, -0.2) is 45.7 Å². The molecule has 0 radical (unpaired) electrons. The van der Waals surface area contributed by atoms with Gasteiger partial charge in [0.05, 0.1) is 11.4 Å². The second kappa shape index (κ2) is 9.71. The van der Waals surface area contributed by atoms with E-state index in [1.54, 1.807) is 12.1 Å². The van der Waals surface area contributed by atoms with E-state index in [-0.39, 0.29) is 5.82 Å².